The van der Waals surface area contributed by atoms with Crippen LogP contribution in [0.2, 0.25) is 0 Å². The fraction of sp³-hybridized carbons (Fsp3) is 0.100. The van der Waals surface area contributed by atoms with Crippen molar-refractivity contribution in [3.05, 3.63) is 78.1 Å². The summed E-state index contributed by atoms with van der Waals surface area (Å²) in [6, 6.07) is 12.8. The molecule has 5 nitrogen and oxygen atoms in total. The Hall–Kier alpha value is -3.55. The van der Waals surface area contributed by atoms with Gasteiger partial charge in [-0.25, -0.2) is 9.67 Å². The Morgan fingerprint density at radius 1 is 1.14 bits per heavy atom. The first-order valence-corrected chi connectivity index (χ1v) is 8.24. The van der Waals surface area contributed by atoms with Crippen molar-refractivity contribution in [2.45, 2.75) is 13.3 Å². The first-order chi connectivity index (χ1) is 13.2. The molecular formula is C20H17F3N4O. The van der Waals surface area contributed by atoms with Gasteiger partial charge < -0.3 is 10.5 Å². The van der Waals surface area contributed by atoms with Crippen molar-refractivity contribution in [1.82, 2.24) is 9.78 Å². The summed E-state index contributed by atoms with van der Waals surface area (Å²) in [5, 5.41) is 4.44. The summed E-state index contributed by atoms with van der Waals surface area (Å²) in [6.07, 6.45) is -1.24. The van der Waals surface area contributed by atoms with E-state index in [1.165, 1.54) is 24.3 Å². The molecule has 0 unspecified atom stereocenters. The van der Waals surface area contributed by atoms with Crippen LogP contribution < -0.4 is 10.5 Å². The summed E-state index contributed by atoms with van der Waals surface area (Å²) in [5.41, 5.74) is 9.62. The van der Waals surface area contributed by atoms with Gasteiger partial charge in [-0.15, -0.1) is 13.2 Å². The molecule has 0 aliphatic heterocycles. The largest absolute Gasteiger partial charge is 0.573 e. The quantitative estimate of drug-likeness (QED) is 0.508. The number of benzene rings is 2. The summed E-state index contributed by atoms with van der Waals surface area (Å²) in [4.78, 5) is 4.25. The average Bonchev–Trinajstić information content (AvgIpc) is 3.04. The molecule has 0 bridgehead atoms. The van der Waals surface area contributed by atoms with E-state index in [0.29, 0.717) is 16.9 Å². The van der Waals surface area contributed by atoms with Gasteiger partial charge >= 0.3 is 6.36 Å². The standard InChI is InChI=1S/C20H17F3N4O/c1-3-14-4-8-16(9-5-14)27-12-18(13(2)26-27)19(24)25-15-6-10-17(11-7-15)28-20(21,22)23/h3-12H,1H2,2H3,(H2,24,25). The van der Waals surface area contributed by atoms with E-state index < -0.39 is 6.36 Å². The van der Waals surface area contributed by atoms with Crippen LogP contribution in [0.1, 0.15) is 16.8 Å². The van der Waals surface area contributed by atoms with Crippen molar-refractivity contribution in [3.63, 3.8) is 0 Å². The molecule has 0 atom stereocenters. The van der Waals surface area contributed by atoms with Gasteiger partial charge in [0.05, 0.1) is 22.6 Å². The smallest absolute Gasteiger partial charge is 0.406 e. The number of aryl methyl sites for hydroxylation is 1. The number of halogens is 3. The predicted octanol–water partition coefficient (Wildman–Crippen LogP) is 4.76. The molecule has 3 rings (SSSR count). The van der Waals surface area contributed by atoms with Crippen LogP contribution in [0.3, 0.4) is 0 Å². The minimum absolute atomic E-state index is 0.205. The van der Waals surface area contributed by atoms with Crippen LogP contribution in [-0.2, 0) is 0 Å². The number of nitrogens with two attached hydrogens (primary N) is 1. The molecule has 0 radical (unpaired) electrons. The molecule has 3 aromatic rings. The molecule has 0 saturated heterocycles. The summed E-state index contributed by atoms with van der Waals surface area (Å²) in [7, 11) is 0. The number of hydrogen-bond acceptors (Lipinski definition) is 3. The third kappa shape index (κ3) is 4.59. The van der Waals surface area contributed by atoms with Crippen LogP contribution in [0, 0.1) is 6.92 Å². The van der Waals surface area contributed by atoms with E-state index in [9.17, 15) is 13.2 Å². The van der Waals surface area contributed by atoms with Crippen LogP contribution in [0.4, 0.5) is 18.9 Å². The lowest BCUT2D eigenvalue weighted by atomic mass is 10.2. The van der Waals surface area contributed by atoms with E-state index >= 15 is 0 Å². The molecule has 8 heteroatoms. The maximum Gasteiger partial charge on any atom is 0.573 e. The fourth-order valence-electron chi connectivity index (χ4n) is 2.53. The third-order valence-corrected chi connectivity index (χ3v) is 3.89. The lowest BCUT2D eigenvalue weighted by Gasteiger charge is -2.08. The van der Waals surface area contributed by atoms with Crippen molar-refractivity contribution in [2.75, 3.05) is 0 Å². The van der Waals surface area contributed by atoms with Gasteiger partial charge in [-0.1, -0.05) is 24.8 Å². The van der Waals surface area contributed by atoms with Crippen LogP contribution >= 0.6 is 0 Å². The molecule has 144 valence electrons. The lowest BCUT2D eigenvalue weighted by Crippen LogP contribution is -2.17. The van der Waals surface area contributed by atoms with Crippen molar-refractivity contribution in [1.29, 1.82) is 0 Å². The molecule has 0 amide bonds. The summed E-state index contributed by atoms with van der Waals surface area (Å²) in [6.45, 7) is 5.52. The minimum atomic E-state index is -4.74. The molecule has 2 N–H and O–H groups in total. The number of amidine groups is 1. The van der Waals surface area contributed by atoms with E-state index in [-0.39, 0.29) is 11.6 Å². The molecular weight excluding hydrogens is 369 g/mol. The van der Waals surface area contributed by atoms with Crippen molar-refractivity contribution in [3.8, 4) is 11.4 Å². The number of ether oxygens (including phenoxy) is 1. The number of hydrogen-bond donors (Lipinski definition) is 1. The van der Waals surface area contributed by atoms with E-state index in [4.69, 9.17) is 5.73 Å². The Kier molecular flexibility index (Phi) is 5.21. The van der Waals surface area contributed by atoms with Gasteiger partial charge in [0.25, 0.3) is 0 Å². The zero-order chi connectivity index (χ0) is 20.3. The molecule has 0 saturated carbocycles. The molecule has 0 spiro atoms. The molecule has 1 heterocycles. The SMILES string of the molecule is C=Cc1ccc(-n2cc(C(N)=Nc3ccc(OC(F)(F)F)cc3)c(C)n2)cc1. The second kappa shape index (κ2) is 7.59. The van der Waals surface area contributed by atoms with E-state index in [1.807, 2.05) is 24.3 Å². The van der Waals surface area contributed by atoms with Crippen molar-refractivity contribution >= 4 is 17.6 Å². The molecule has 0 aliphatic carbocycles. The Bertz CT molecular complexity index is 1000. The maximum atomic E-state index is 12.2. The van der Waals surface area contributed by atoms with Gasteiger partial charge in [-0.2, -0.15) is 5.10 Å². The maximum absolute atomic E-state index is 12.2. The fourth-order valence-corrected chi connectivity index (χ4v) is 2.53. The first-order valence-electron chi connectivity index (χ1n) is 8.24. The summed E-state index contributed by atoms with van der Waals surface area (Å²) < 4.78 is 42.2. The van der Waals surface area contributed by atoms with Crippen LogP contribution in [0.15, 0.2) is 66.3 Å². The van der Waals surface area contributed by atoms with Gasteiger partial charge in [0.15, 0.2) is 0 Å². The molecule has 1 aromatic heterocycles. The number of alkyl halides is 3. The molecule has 0 fully saturated rings. The molecule has 2 aromatic carbocycles. The predicted molar refractivity (Wildman–Crippen MR) is 102 cm³/mol. The minimum Gasteiger partial charge on any atom is -0.406 e. The van der Waals surface area contributed by atoms with Gasteiger partial charge in [0.1, 0.15) is 11.6 Å². The Labute approximate surface area is 159 Å². The van der Waals surface area contributed by atoms with E-state index in [1.54, 1.807) is 23.9 Å². The van der Waals surface area contributed by atoms with Crippen LogP contribution in [0.5, 0.6) is 5.75 Å². The highest BCUT2D eigenvalue weighted by Crippen LogP contribution is 2.25. The zero-order valence-corrected chi connectivity index (χ0v) is 14.9. The van der Waals surface area contributed by atoms with Gasteiger partial charge in [0, 0.05) is 6.20 Å². The highest BCUT2D eigenvalue weighted by Gasteiger charge is 2.30. The second-order valence-corrected chi connectivity index (χ2v) is 5.91. The van der Waals surface area contributed by atoms with Gasteiger partial charge in [0.2, 0.25) is 0 Å². The number of aromatic nitrogens is 2. The monoisotopic (exact) mass is 386 g/mol. The summed E-state index contributed by atoms with van der Waals surface area (Å²) >= 11 is 0. The third-order valence-electron chi connectivity index (χ3n) is 3.89. The normalized spacial score (nSPS) is 12.1. The zero-order valence-electron chi connectivity index (χ0n) is 14.9. The topological polar surface area (TPSA) is 65.4 Å². The Morgan fingerprint density at radius 3 is 2.36 bits per heavy atom. The molecule has 28 heavy (non-hydrogen) atoms. The first kappa shape index (κ1) is 19.2. The number of aliphatic imine (C=N–C) groups is 1. The van der Waals surface area contributed by atoms with E-state index in [2.05, 4.69) is 21.4 Å². The summed E-state index contributed by atoms with van der Waals surface area (Å²) in [5.74, 6) is -0.118. The van der Waals surface area contributed by atoms with Crippen molar-refractivity contribution < 1.29 is 17.9 Å². The highest BCUT2D eigenvalue weighted by atomic mass is 19.4. The van der Waals surface area contributed by atoms with Crippen LogP contribution in [-0.4, -0.2) is 22.0 Å². The number of nitrogens with zero attached hydrogens (tertiary/aromatic N) is 3. The Balaban J connectivity index is 1.82. The van der Waals surface area contributed by atoms with Gasteiger partial charge in [-0.05, 0) is 48.9 Å². The van der Waals surface area contributed by atoms with Crippen molar-refractivity contribution in [2.24, 2.45) is 10.7 Å². The molecule has 0 aliphatic rings. The van der Waals surface area contributed by atoms with E-state index in [0.717, 1.165) is 11.3 Å². The Morgan fingerprint density at radius 2 is 1.79 bits per heavy atom. The highest BCUT2D eigenvalue weighted by molar-refractivity contribution is 5.99. The number of rotatable bonds is 5. The second-order valence-electron chi connectivity index (χ2n) is 5.91. The van der Waals surface area contributed by atoms with Gasteiger partial charge in [-0.3, -0.25) is 0 Å². The average molecular weight is 386 g/mol. The van der Waals surface area contributed by atoms with Crippen LogP contribution in [0.25, 0.3) is 11.8 Å². The lowest BCUT2D eigenvalue weighted by molar-refractivity contribution is -0.274.